The third kappa shape index (κ3) is 3.74. The summed E-state index contributed by atoms with van der Waals surface area (Å²) in [5, 5.41) is 3.58. The smallest absolute Gasteiger partial charge is 0.00640 e. The minimum absolute atomic E-state index is 0.537. The van der Waals surface area contributed by atoms with Gasteiger partial charge in [0.2, 0.25) is 0 Å². The lowest BCUT2D eigenvalue weighted by Gasteiger charge is -2.41. The molecule has 0 aromatic heterocycles. The summed E-state index contributed by atoms with van der Waals surface area (Å²) in [6, 6.07) is 0.732. The quantitative estimate of drug-likeness (QED) is 0.749. The van der Waals surface area contributed by atoms with E-state index >= 15 is 0 Å². The lowest BCUT2D eigenvalue weighted by Crippen LogP contribution is -2.48. The molecule has 0 aliphatic carbocycles. The molecule has 0 aromatic rings. The first-order chi connectivity index (χ1) is 7.63. The Labute approximate surface area is 102 Å². The molecule has 96 valence electrons. The molecule has 16 heavy (non-hydrogen) atoms. The maximum absolute atomic E-state index is 3.58. The molecule has 1 N–H and O–H groups in total. The van der Waals surface area contributed by atoms with Gasteiger partial charge in [-0.2, -0.15) is 0 Å². The van der Waals surface area contributed by atoms with Crippen molar-refractivity contribution in [1.29, 1.82) is 0 Å². The molecular formula is C14H30N2. The van der Waals surface area contributed by atoms with Crippen molar-refractivity contribution < 1.29 is 0 Å². The van der Waals surface area contributed by atoms with Gasteiger partial charge in [0, 0.05) is 19.1 Å². The topological polar surface area (TPSA) is 15.3 Å². The number of piperidine rings is 1. The third-order valence-corrected chi connectivity index (χ3v) is 4.35. The predicted octanol–water partition coefficient (Wildman–Crippen LogP) is 2.89. The first kappa shape index (κ1) is 14.0. The Kier molecular flexibility index (Phi) is 5.77. The Balaban J connectivity index is 2.48. The summed E-state index contributed by atoms with van der Waals surface area (Å²) in [5.74, 6) is 0. The van der Waals surface area contributed by atoms with E-state index in [2.05, 4.69) is 38.0 Å². The van der Waals surface area contributed by atoms with Crippen LogP contribution in [0.4, 0.5) is 0 Å². The van der Waals surface area contributed by atoms with Crippen LogP contribution in [0.3, 0.4) is 0 Å². The van der Waals surface area contributed by atoms with E-state index in [4.69, 9.17) is 0 Å². The maximum atomic E-state index is 3.58. The fourth-order valence-corrected chi connectivity index (χ4v) is 2.90. The number of nitrogens with one attached hydrogen (secondary N) is 1. The molecule has 1 aliphatic rings. The van der Waals surface area contributed by atoms with E-state index in [0.717, 1.165) is 6.04 Å². The van der Waals surface area contributed by atoms with Crippen LogP contribution in [-0.2, 0) is 0 Å². The van der Waals surface area contributed by atoms with Gasteiger partial charge in [0.05, 0.1) is 0 Å². The summed E-state index contributed by atoms with van der Waals surface area (Å²) in [4.78, 5) is 2.57. The zero-order valence-corrected chi connectivity index (χ0v) is 11.7. The van der Waals surface area contributed by atoms with E-state index in [1.165, 1.54) is 51.7 Å². The molecule has 1 heterocycles. The minimum Gasteiger partial charge on any atom is -0.316 e. The highest BCUT2D eigenvalue weighted by Crippen LogP contribution is 2.31. The Morgan fingerprint density at radius 2 is 2.12 bits per heavy atom. The highest BCUT2D eigenvalue weighted by Gasteiger charge is 2.32. The Bertz CT molecular complexity index is 185. The summed E-state index contributed by atoms with van der Waals surface area (Å²) in [6.07, 6.45) is 6.68. The first-order valence-electron chi connectivity index (χ1n) is 7.04. The van der Waals surface area contributed by atoms with E-state index in [9.17, 15) is 0 Å². The molecule has 0 radical (unpaired) electrons. The molecule has 0 bridgehead atoms. The van der Waals surface area contributed by atoms with Crippen LogP contribution in [0.5, 0.6) is 0 Å². The second-order valence-electron chi connectivity index (χ2n) is 5.69. The van der Waals surface area contributed by atoms with Crippen molar-refractivity contribution >= 4 is 0 Å². The van der Waals surface area contributed by atoms with Gasteiger partial charge in [-0.3, -0.25) is 0 Å². The van der Waals surface area contributed by atoms with E-state index < -0.39 is 0 Å². The molecule has 1 aliphatic heterocycles. The summed E-state index contributed by atoms with van der Waals surface area (Å²) >= 11 is 0. The van der Waals surface area contributed by atoms with Crippen LogP contribution in [0, 0.1) is 5.41 Å². The molecule has 2 heteroatoms. The van der Waals surface area contributed by atoms with Crippen molar-refractivity contribution in [3.8, 4) is 0 Å². The molecule has 1 fully saturated rings. The van der Waals surface area contributed by atoms with Crippen LogP contribution in [0.1, 0.15) is 52.9 Å². The predicted molar refractivity (Wildman–Crippen MR) is 71.8 cm³/mol. The van der Waals surface area contributed by atoms with Crippen LogP contribution >= 0.6 is 0 Å². The van der Waals surface area contributed by atoms with E-state index in [-0.39, 0.29) is 0 Å². The fourth-order valence-electron chi connectivity index (χ4n) is 2.90. The third-order valence-electron chi connectivity index (χ3n) is 4.35. The standard InChI is InChI=1S/C14H30N2/c1-5-8-13(3)16(4)12-14(6-2)9-7-10-15-11-14/h13,15H,5-12H2,1-4H3. The number of nitrogens with zero attached hydrogens (tertiary/aromatic N) is 1. The maximum Gasteiger partial charge on any atom is 0.00640 e. The van der Waals surface area contributed by atoms with Gasteiger partial charge in [0.25, 0.3) is 0 Å². The Morgan fingerprint density at radius 3 is 2.62 bits per heavy atom. The van der Waals surface area contributed by atoms with Gasteiger partial charge in [-0.1, -0.05) is 20.3 Å². The van der Waals surface area contributed by atoms with Crippen molar-refractivity contribution in [1.82, 2.24) is 10.2 Å². The van der Waals surface area contributed by atoms with Crippen LogP contribution in [0.15, 0.2) is 0 Å². The van der Waals surface area contributed by atoms with Crippen LogP contribution in [0.2, 0.25) is 0 Å². The molecule has 1 rings (SSSR count). The zero-order chi connectivity index (χ0) is 12.0. The number of hydrogen-bond donors (Lipinski definition) is 1. The molecule has 0 spiro atoms. The Hall–Kier alpha value is -0.0800. The molecule has 0 amide bonds. The van der Waals surface area contributed by atoms with Gasteiger partial charge in [-0.05, 0) is 51.6 Å². The molecule has 2 unspecified atom stereocenters. The van der Waals surface area contributed by atoms with Gasteiger partial charge >= 0.3 is 0 Å². The fraction of sp³-hybridized carbons (Fsp3) is 1.00. The van der Waals surface area contributed by atoms with Crippen LogP contribution in [0.25, 0.3) is 0 Å². The summed E-state index contributed by atoms with van der Waals surface area (Å²) in [6.45, 7) is 10.7. The van der Waals surface area contributed by atoms with E-state index in [0.29, 0.717) is 5.41 Å². The van der Waals surface area contributed by atoms with Gasteiger partial charge in [-0.15, -0.1) is 0 Å². The molecule has 2 nitrogen and oxygen atoms in total. The summed E-state index contributed by atoms with van der Waals surface area (Å²) < 4.78 is 0. The lowest BCUT2D eigenvalue weighted by molar-refractivity contribution is 0.103. The van der Waals surface area contributed by atoms with Crippen molar-refractivity contribution in [3.63, 3.8) is 0 Å². The summed E-state index contributed by atoms with van der Waals surface area (Å²) in [7, 11) is 2.30. The highest BCUT2D eigenvalue weighted by molar-refractivity contribution is 4.87. The van der Waals surface area contributed by atoms with Crippen molar-refractivity contribution in [3.05, 3.63) is 0 Å². The van der Waals surface area contributed by atoms with Gasteiger partial charge < -0.3 is 10.2 Å². The SMILES string of the molecule is CCCC(C)N(C)CC1(CC)CCCNC1. The van der Waals surface area contributed by atoms with Crippen molar-refractivity contribution in [2.75, 3.05) is 26.7 Å². The number of hydrogen-bond acceptors (Lipinski definition) is 2. The average Bonchev–Trinajstić information content (AvgIpc) is 2.30. The van der Waals surface area contributed by atoms with Crippen LogP contribution < -0.4 is 5.32 Å². The van der Waals surface area contributed by atoms with Crippen molar-refractivity contribution in [2.45, 2.75) is 58.9 Å². The molecule has 0 aromatic carbocycles. The van der Waals surface area contributed by atoms with Crippen molar-refractivity contribution in [2.24, 2.45) is 5.41 Å². The van der Waals surface area contributed by atoms with Gasteiger partial charge in [0.15, 0.2) is 0 Å². The van der Waals surface area contributed by atoms with Gasteiger partial charge in [-0.25, -0.2) is 0 Å². The highest BCUT2D eigenvalue weighted by atomic mass is 15.1. The summed E-state index contributed by atoms with van der Waals surface area (Å²) in [5.41, 5.74) is 0.537. The largest absolute Gasteiger partial charge is 0.316 e. The van der Waals surface area contributed by atoms with Gasteiger partial charge in [0.1, 0.15) is 0 Å². The second-order valence-corrected chi connectivity index (χ2v) is 5.69. The normalized spacial score (nSPS) is 28.3. The number of rotatable bonds is 6. The van der Waals surface area contributed by atoms with E-state index in [1.54, 1.807) is 0 Å². The monoisotopic (exact) mass is 226 g/mol. The molecular weight excluding hydrogens is 196 g/mol. The van der Waals surface area contributed by atoms with E-state index in [1.807, 2.05) is 0 Å². The molecule has 1 saturated heterocycles. The lowest BCUT2D eigenvalue weighted by atomic mass is 9.77. The van der Waals surface area contributed by atoms with Crippen LogP contribution in [-0.4, -0.2) is 37.6 Å². The Morgan fingerprint density at radius 1 is 1.38 bits per heavy atom. The average molecular weight is 226 g/mol. The second kappa shape index (κ2) is 6.61. The first-order valence-corrected chi connectivity index (χ1v) is 7.04. The molecule has 0 saturated carbocycles. The minimum atomic E-state index is 0.537. The zero-order valence-electron chi connectivity index (χ0n) is 11.7. The molecule has 2 atom stereocenters.